The molecule has 3 heterocycles. The van der Waals surface area contributed by atoms with Crippen molar-refractivity contribution in [3.8, 4) is 0 Å². The van der Waals surface area contributed by atoms with Gasteiger partial charge in [0.25, 0.3) is 0 Å². The van der Waals surface area contributed by atoms with Crippen LogP contribution in [0.4, 0.5) is 37.8 Å². The third-order valence-corrected chi connectivity index (χ3v) is 5.39. The number of hydrogen-bond acceptors (Lipinski definition) is 6. The van der Waals surface area contributed by atoms with Gasteiger partial charge in [0.2, 0.25) is 0 Å². The number of aromatic nitrogens is 3. The largest absolute Gasteiger partial charge is 0.435 e. The number of nitrogens with one attached hydrogen (secondary N) is 1. The average molecular weight is 471 g/mol. The Kier molecular flexibility index (Phi) is 5.81. The second-order valence-electron chi connectivity index (χ2n) is 7.82. The fraction of sp³-hybridized carbons (Fsp3) is 0.381. The molecule has 6 nitrogen and oxygen atoms in total. The summed E-state index contributed by atoms with van der Waals surface area (Å²) < 4.78 is 80.2. The van der Waals surface area contributed by atoms with Crippen LogP contribution in [0, 0.1) is 6.92 Å². The van der Waals surface area contributed by atoms with Crippen LogP contribution in [-0.2, 0) is 18.9 Å². The second-order valence-corrected chi connectivity index (χ2v) is 7.82. The van der Waals surface area contributed by atoms with Crippen LogP contribution >= 0.6 is 0 Å². The number of aliphatic hydroxyl groups excluding tert-OH is 1. The lowest BCUT2D eigenvalue weighted by atomic mass is 10.1. The summed E-state index contributed by atoms with van der Waals surface area (Å²) in [5.74, 6) is 0.0928. The molecule has 0 amide bonds. The van der Waals surface area contributed by atoms with Crippen LogP contribution in [0.5, 0.6) is 0 Å². The highest BCUT2D eigenvalue weighted by Gasteiger charge is 2.39. The van der Waals surface area contributed by atoms with Crippen molar-refractivity contribution in [2.75, 3.05) is 23.3 Å². The Labute approximate surface area is 184 Å². The Morgan fingerprint density at radius 2 is 1.85 bits per heavy atom. The Balaban J connectivity index is 1.74. The van der Waals surface area contributed by atoms with Gasteiger partial charge in [-0.1, -0.05) is 12.1 Å². The summed E-state index contributed by atoms with van der Waals surface area (Å²) in [5.41, 5.74) is -1.64. The third-order valence-electron chi connectivity index (χ3n) is 5.39. The number of aryl methyl sites for hydroxylation is 1. The first-order valence-electron chi connectivity index (χ1n) is 10.0. The van der Waals surface area contributed by atoms with E-state index in [1.165, 1.54) is 30.0 Å². The fourth-order valence-electron chi connectivity index (χ4n) is 3.77. The van der Waals surface area contributed by atoms with E-state index in [4.69, 9.17) is 0 Å². The zero-order valence-corrected chi connectivity index (χ0v) is 17.3. The zero-order valence-electron chi connectivity index (χ0n) is 17.3. The predicted molar refractivity (Wildman–Crippen MR) is 109 cm³/mol. The van der Waals surface area contributed by atoms with Crippen molar-refractivity contribution in [1.82, 2.24) is 15.2 Å². The van der Waals surface area contributed by atoms with E-state index in [2.05, 4.69) is 20.5 Å². The molecule has 2 N–H and O–H groups in total. The number of benzene rings is 1. The van der Waals surface area contributed by atoms with E-state index in [0.29, 0.717) is 12.0 Å². The van der Waals surface area contributed by atoms with Gasteiger partial charge < -0.3 is 15.3 Å². The second kappa shape index (κ2) is 8.32. The number of nitrogens with zero attached hydrogens (tertiary/aromatic N) is 4. The minimum atomic E-state index is -4.74. The standard InChI is InChI=1S/C21H19F6N5O/c1-11-17-15(8-16(18(29-17)21(25,26)27)32-6-5-14(33)10-32)19(31-30-11)28-9-12-3-2-4-13(7-12)20(22,23)24/h2-4,7-8,14,33H,5-6,9-10H2,1H3,(H,28,31)/t14-/m0/s1. The van der Waals surface area contributed by atoms with Gasteiger partial charge in [-0.25, -0.2) is 4.98 Å². The highest BCUT2D eigenvalue weighted by Crippen LogP contribution is 2.39. The molecule has 0 radical (unpaired) electrons. The Morgan fingerprint density at radius 3 is 2.48 bits per heavy atom. The highest BCUT2D eigenvalue weighted by atomic mass is 19.4. The molecule has 1 atom stereocenters. The first-order valence-corrected chi connectivity index (χ1v) is 10.0. The lowest BCUT2D eigenvalue weighted by molar-refractivity contribution is -0.140. The molecule has 1 aliphatic rings. The molecule has 33 heavy (non-hydrogen) atoms. The molecule has 1 aliphatic heterocycles. The SMILES string of the molecule is Cc1nnc(NCc2cccc(C(F)(F)F)c2)c2cc(N3CC[C@H](O)C3)c(C(F)(F)F)nc12. The van der Waals surface area contributed by atoms with Crippen LogP contribution in [0.3, 0.4) is 0 Å². The van der Waals surface area contributed by atoms with Crippen LogP contribution in [0.15, 0.2) is 30.3 Å². The monoisotopic (exact) mass is 471 g/mol. The van der Waals surface area contributed by atoms with E-state index in [-0.39, 0.29) is 47.7 Å². The molecule has 1 fully saturated rings. The summed E-state index contributed by atoms with van der Waals surface area (Å²) >= 11 is 0. The summed E-state index contributed by atoms with van der Waals surface area (Å²) in [6, 6.07) is 5.98. The molecule has 0 unspecified atom stereocenters. The molecule has 2 aromatic heterocycles. The summed E-state index contributed by atoms with van der Waals surface area (Å²) in [7, 11) is 0. The number of anilines is 2. The molecule has 0 bridgehead atoms. The number of rotatable bonds is 4. The summed E-state index contributed by atoms with van der Waals surface area (Å²) in [6.07, 6.45) is -9.67. The topological polar surface area (TPSA) is 74.2 Å². The Hall–Kier alpha value is -3.15. The average Bonchev–Trinajstić information content (AvgIpc) is 3.18. The molecule has 3 aromatic rings. The number of pyridine rings is 1. The minimum absolute atomic E-state index is 0.0210. The molecule has 0 saturated carbocycles. The summed E-state index contributed by atoms with van der Waals surface area (Å²) in [4.78, 5) is 5.25. The van der Waals surface area contributed by atoms with E-state index in [1.54, 1.807) is 0 Å². The molecular formula is C21H19F6N5O. The quantitative estimate of drug-likeness (QED) is 0.544. The van der Waals surface area contributed by atoms with E-state index in [9.17, 15) is 31.4 Å². The summed E-state index contributed by atoms with van der Waals surface area (Å²) in [5, 5.41) is 20.8. The third kappa shape index (κ3) is 4.80. The van der Waals surface area contributed by atoms with E-state index in [1.807, 2.05) is 0 Å². The van der Waals surface area contributed by atoms with Gasteiger partial charge in [0.1, 0.15) is 0 Å². The number of alkyl halides is 6. The van der Waals surface area contributed by atoms with Crippen molar-refractivity contribution < 1.29 is 31.4 Å². The first-order chi connectivity index (χ1) is 15.4. The van der Waals surface area contributed by atoms with Gasteiger partial charge in [-0.05, 0) is 37.1 Å². The van der Waals surface area contributed by atoms with Crippen molar-refractivity contribution in [1.29, 1.82) is 0 Å². The van der Waals surface area contributed by atoms with Crippen molar-refractivity contribution in [3.05, 3.63) is 52.8 Å². The van der Waals surface area contributed by atoms with Crippen LogP contribution in [0.2, 0.25) is 0 Å². The number of aliphatic hydroxyl groups is 1. The molecule has 1 aromatic carbocycles. The lowest BCUT2D eigenvalue weighted by Gasteiger charge is -2.23. The minimum Gasteiger partial charge on any atom is -0.391 e. The fourth-order valence-corrected chi connectivity index (χ4v) is 3.77. The maximum Gasteiger partial charge on any atom is 0.435 e. The van der Waals surface area contributed by atoms with Crippen LogP contribution in [0.1, 0.15) is 28.9 Å². The van der Waals surface area contributed by atoms with Crippen LogP contribution in [-0.4, -0.2) is 39.5 Å². The van der Waals surface area contributed by atoms with Crippen LogP contribution < -0.4 is 10.2 Å². The molecule has 176 valence electrons. The maximum atomic E-state index is 13.8. The number of hydrogen-bond donors (Lipinski definition) is 2. The van der Waals surface area contributed by atoms with Gasteiger partial charge in [-0.3, -0.25) is 0 Å². The molecule has 0 spiro atoms. The molecular weight excluding hydrogens is 452 g/mol. The molecule has 0 aliphatic carbocycles. The Bertz CT molecular complexity index is 1180. The van der Waals surface area contributed by atoms with Crippen molar-refractivity contribution >= 4 is 22.4 Å². The lowest BCUT2D eigenvalue weighted by Crippen LogP contribution is -2.25. The van der Waals surface area contributed by atoms with Crippen molar-refractivity contribution in [3.63, 3.8) is 0 Å². The van der Waals surface area contributed by atoms with E-state index >= 15 is 0 Å². The zero-order chi connectivity index (χ0) is 24.0. The van der Waals surface area contributed by atoms with Gasteiger partial charge in [0.05, 0.1) is 28.6 Å². The van der Waals surface area contributed by atoms with Crippen molar-refractivity contribution in [2.45, 2.75) is 38.3 Å². The first kappa shape index (κ1) is 23.0. The van der Waals surface area contributed by atoms with Crippen LogP contribution in [0.25, 0.3) is 10.9 Å². The normalized spacial score (nSPS) is 17.1. The van der Waals surface area contributed by atoms with Gasteiger partial charge >= 0.3 is 12.4 Å². The Morgan fingerprint density at radius 1 is 1.09 bits per heavy atom. The molecule has 4 rings (SSSR count). The molecule has 12 heteroatoms. The van der Waals surface area contributed by atoms with E-state index < -0.39 is 29.7 Å². The predicted octanol–water partition coefficient (Wildman–Crippen LogP) is 4.55. The van der Waals surface area contributed by atoms with Gasteiger partial charge in [0, 0.05) is 25.0 Å². The number of halogens is 6. The van der Waals surface area contributed by atoms with Gasteiger partial charge in [0.15, 0.2) is 11.5 Å². The summed E-state index contributed by atoms with van der Waals surface area (Å²) in [6.45, 7) is 1.66. The molecule has 1 saturated heterocycles. The smallest absolute Gasteiger partial charge is 0.391 e. The maximum absolute atomic E-state index is 13.8. The van der Waals surface area contributed by atoms with E-state index in [0.717, 1.165) is 12.1 Å². The highest BCUT2D eigenvalue weighted by molar-refractivity contribution is 5.93. The van der Waals surface area contributed by atoms with Crippen molar-refractivity contribution in [2.24, 2.45) is 0 Å². The van der Waals surface area contributed by atoms with Gasteiger partial charge in [-0.2, -0.15) is 31.4 Å². The number of fused-ring (bicyclic) bond motifs is 1. The van der Waals surface area contributed by atoms with Gasteiger partial charge in [-0.15, -0.1) is 5.10 Å². The number of β-amino-alcohol motifs (C(OH)–C–C–N with tert-alkyl or cyclic N) is 1.